The molecule has 0 unspecified atom stereocenters. The minimum Gasteiger partial charge on any atom is -0.355 e. The molecule has 2 N–H and O–H groups in total. The number of rotatable bonds is 0. The molecule has 3 aromatic rings. The van der Waals surface area contributed by atoms with E-state index in [0.717, 1.165) is 44.8 Å². The molecule has 4 nitrogen and oxygen atoms in total. The van der Waals surface area contributed by atoms with Crippen LogP contribution in [0.1, 0.15) is 22.8 Å². The van der Waals surface area contributed by atoms with Crippen molar-refractivity contribution in [1.29, 1.82) is 0 Å². The normalized spacial score (nSPS) is 11.7. The summed E-state index contributed by atoms with van der Waals surface area (Å²) in [5.41, 5.74) is 7.86. The molecule has 6 heteroatoms. The predicted molar refractivity (Wildman–Crippen MR) is 110 cm³/mol. The summed E-state index contributed by atoms with van der Waals surface area (Å²) in [4.78, 5) is 16.0. The second-order valence-electron chi connectivity index (χ2n) is 5.91. The van der Waals surface area contributed by atoms with Gasteiger partial charge in [-0.25, -0.2) is 9.97 Å². The van der Waals surface area contributed by atoms with Gasteiger partial charge < -0.3 is 9.97 Å². The van der Waals surface area contributed by atoms with Crippen LogP contribution in [0.5, 0.6) is 0 Å². The van der Waals surface area contributed by atoms with Crippen molar-refractivity contribution in [2.45, 2.75) is 0 Å². The van der Waals surface area contributed by atoms with Gasteiger partial charge in [0.15, 0.2) is 0 Å². The van der Waals surface area contributed by atoms with Gasteiger partial charge in [0.25, 0.3) is 0 Å². The number of hydrogen-bond donors (Lipinski definition) is 2. The van der Waals surface area contributed by atoms with Gasteiger partial charge >= 0.3 is 0 Å². The first-order valence-corrected chi connectivity index (χ1v) is 7.85. The quantitative estimate of drug-likeness (QED) is 0.395. The zero-order chi connectivity index (χ0) is 15.9. The second-order valence-corrected chi connectivity index (χ2v) is 5.91. The van der Waals surface area contributed by atoms with Crippen molar-refractivity contribution >= 4 is 149 Å². The van der Waals surface area contributed by atoms with Gasteiger partial charge in [-0.2, -0.15) is 0 Å². The van der Waals surface area contributed by atoms with Crippen LogP contribution in [0.25, 0.3) is 46.4 Å². The van der Waals surface area contributed by atoms with Crippen LogP contribution in [0, 0.1) is 0 Å². The molecule has 0 saturated carbocycles. The van der Waals surface area contributed by atoms with Crippen molar-refractivity contribution in [1.82, 2.24) is 19.9 Å². The summed E-state index contributed by atoms with van der Waals surface area (Å²) >= 11 is 0. The maximum absolute atomic E-state index is 4.62. The Balaban J connectivity index is 0.000000980. The van der Waals surface area contributed by atoms with Crippen molar-refractivity contribution in [3.63, 3.8) is 0 Å². The fraction of sp³-hybridized carbons (Fsp3) is 0. The monoisotopic (exact) mass is 388 g/mol. The Morgan fingerprint density at radius 1 is 0.462 bits per heavy atom. The molecule has 116 valence electrons. The van der Waals surface area contributed by atoms with Gasteiger partial charge in [0.05, 0.1) is 22.8 Å². The van der Waals surface area contributed by atoms with E-state index in [4.69, 9.17) is 0 Å². The Kier molecular flexibility index (Phi) is 7.07. The molecule has 26 heavy (non-hydrogen) atoms. The third-order valence-corrected chi connectivity index (χ3v) is 4.04. The first-order chi connectivity index (χ1) is 11.8. The molecule has 0 saturated heterocycles. The summed E-state index contributed by atoms with van der Waals surface area (Å²) < 4.78 is 0. The number of nitrogens with zero attached hydrogens (tertiary/aromatic N) is 2. The van der Waals surface area contributed by atoms with E-state index in [0.29, 0.717) is 0 Å². The Bertz CT molecular complexity index is 1080. The van der Waals surface area contributed by atoms with Gasteiger partial charge in [-0.3, -0.25) is 0 Å². The average molecular weight is 389 g/mol. The van der Waals surface area contributed by atoms with Crippen molar-refractivity contribution < 1.29 is 0 Å². The fourth-order valence-corrected chi connectivity index (χ4v) is 2.94. The summed E-state index contributed by atoms with van der Waals surface area (Å²) in [6, 6.07) is 16.4. The summed E-state index contributed by atoms with van der Waals surface area (Å²) in [5, 5.41) is 0. The van der Waals surface area contributed by atoms with Gasteiger partial charge in [0.1, 0.15) is 0 Å². The van der Waals surface area contributed by atoms with Gasteiger partial charge in [-0.1, -0.05) is 0 Å². The minimum absolute atomic E-state index is 0. The second kappa shape index (κ2) is 8.92. The van der Waals surface area contributed by atoms with E-state index in [9.17, 15) is 0 Å². The first-order valence-electron chi connectivity index (χ1n) is 7.85. The smallest absolute Gasteiger partial charge is 0.0659 e. The largest absolute Gasteiger partial charge is 0.355 e. The minimum atomic E-state index is 0. The van der Waals surface area contributed by atoms with Gasteiger partial charge in [0.2, 0.25) is 0 Å². The van der Waals surface area contributed by atoms with Gasteiger partial charge in [-0.15, -0.1) is 0 Å². The third kappa shape index (κ3) is 4.64. The van der Waals surface area contributed by atoms with Crippen molar-refractivity contribution in [3.8, 4) is 0 Å². The van der Waals surface area contributed by atoms with Crippen molar-refractivity contribution in [2.75, 3.05) is 0 Å². The molecule has 5 heterocycles. The summed E-state index contributed by atoms with van der Waals surface area (Å²) in [6.45, 7) is 0. The van der Waals surface area contributed by atoms with E-state index in [-0.39, 0.29) is 103 Å². The molecule has 0 aromatic carbocycles. The van der Waals surface area contributed by atoms with Gasteiger partial charge in [-0.05, 0) is 72.8 Å². The Morgan fingerprint density at radius 2 is 0.808 bits per heavy atom. The van der Waals surface area contributed by atoms with Crippen LogP contribution < -0.4 is 0 Å². The van der Waals surface area contributed by atoms with Crippen molar-refractivity contribution in [2.24, 2.45) is 0 Å². The number of fused-ring (bicyclic) bond motifs is 8. The third-order valence-electron chi connectivity index (χ3n) is 4.04. The molecule has 0 fully saturated rings. The van der Waals surface area contributed by atoms with Crippen LogP contribution in [-0.2, 0) is 0 Å². The molecule has 8 bridgehead atoms. The number of aromatic nitrogens is 4. The van der Waals surface area contributed by atoms with Crippen molar-refractivity contribution in [3.05, 3.63) is 71.3 Å². The van der Waals surface area contributed by atoms with E-state index in [1.807, 2.05) is 42.5 Å². The van der Waals surface area contributed by atoms with E-state index in [1.165, 1.54) is 0 Å². The van der Waals surface area contributed by atoms with Crippen LogP contribution in [0.2, 0.25) is 0 Å². The molecular formula is C20H14K2N4. The zero-order valence-corrected chi connectivity index (χ0v) is 21.1. The van der Waals surface area contributed by atoms with E-state index < -0.39 is 0 Å². The Labute approximate surface area is 236 Å². The molecule has 3 aromatic heterocycles. The van der Waals surface area contributed by atoms with E-state index in [2.05, 4.69) is 50.3 Å². The van der Waals surface area contributed by atoms with E-state index >= 15 is 0 Å². The zero-order valence-electron chi connectivity index (χ0n) is 14.8. The Morgan fingerprint density at radius 3 is 1.23 bits per heavy atom. The van der Waals surface area contributed by atoms with E-state index in [1.54, 1.807) is 0 Å². The number of aromatic amines is 2. The van der Waals surface area contributed by atoms with Crippen LogP contribution in [-0.4, -0.2) is 123 Å². The van der Waals surface area contributed by atoms with Crippen LogP contribution >= 0.6 is 0 Å². The number of hydrogen-bond acceptors (Lipinski definition) is 2. The molecule has 0 aliphatic carbocycles. The molecule has 2 aliphatic rings. The fourth-order valence-electron chi connectivity index (χ4n) is 2.94. The predicted octanol–water partition coefficient (Wildman–Crippen LogP) is 3.89. The molecule has 5 rings (SSSR count). The molecule has 2 radical (unpaired) electrons. The molecule has 0 atom stereocenters. The molecule has 0 spiro atoms. The standard InChI is InChI=1S/C20H14N4.2K/c1-2-14-10-16-5-6-18(23-16)12-20-8-7-19(24-20)11-17-4-3-15(22-17)9-13(1)21-14;;/h1-12,21-22H;;. The van der Waals surface area contributed by atoms with Crippen LogP contribution in [0.4, 0.5) is 0 Å². The van der Waals surface area contributed by atoms with Gasteiger partial charge in [0, 0.05) is 125 Å². The van der Waals surface area contributed by atoms with Crippen LogP contribution in [0.15, 0.2) is 48.5 Å². The number of H-pyrrole nitrogens is 2. The average Bonchev–Trinajstić information content (AvgIpc) is 3.32. The van der Waals surface area contributed by atoms with Crippen LogP contribution in [0.3, 0.4) is 0 Å². The summed E-state index contributed by atoms with van der Waals surface area (Å²) in [5.74, 6) is 0. The maximum Gasteiger partial charge on any atom is 0.0659 e. The topological polar surface area (TPSA) is 57.4 Å². The Hall–Kier alpha value is -0.127. The molecule has 2 aliphatic heterocycles. The maximum atomic E-state index is 4.62. The first kappa shape index (κ1) is 20.6. The molecule has 0 amide bonds. The summed E-state index contributed by atoms with van der Waals surface area (Å²) in [6.07, 6.45) is 8.05. The summed E-state index contributed by atoms with van der Waals surface area (Å²) in [7, 11) is 0. The SMILES string of the molecule is C1=Cc2cc3ccc(cc4ccc(cc5nc(cc1n2)C=C5)[nH]4)[nH]3.[K].[K]. The molecular weight excluding hydrogens is 374 g/mol. The number of nitrogens with one attached hydrogen (secondary N) is 2.